The highest BCUT2D eigenvalue weighted by Crippen LogP contribution is 2.19. The number of ether oxygens (including phenoxy) is 1. The zero-order chi connectivity index (χ0) is 7.68. The Kier molecular flexibility index (Phi) is 1.28. The van der Waals surface area contributed by atoms with Crippen LogP contribution in [0.25, 0.3) is 10.9 Å². The maximum Gasteiger partial charge on any atom is 0.240 e. The molecule has 0 saturated carbocycles. The summed E-state index contributed by atoms with van der Waals surface area (Å²) in [5, 5.41) is 7.67. The quantitative estimate of drug-likeness (QED) is 0.661. The molecule has 1 aromatic heterocycles. The lowest BCUT2D eigenvalue weighted by molar-refractivity contribution is 0.401. The predicted octanol–water partition coefficient (Wildman–Crippen LogP) is 1.37. The van der Waals surface area contributed by atoms with E-state index < -0.39 is 0 Å². The number of aromatic nitrogens is 2. The number of rotatable bonds is 1. The molecule has 0 aliphatic carbocycles. The molecule has 0 spiro atoms. The van der Waals surface area contributed by atoms with Crippen LogP contribution in [0.2, 0.25) is 0 Å². The van der Waals surface area contributed by atoms with E-state index in [1.165, 1.54) is 0 Å². The molecule has 0 amide bonds. The van der Waals surface area contributed by atoms with Crippen LogP contribution in [0.5, 0.6) is 5.88 Å². The summed E-state index contributed by atoms with van der Waals surface area (Å²) in [6.07, 6.45) is 0. The number of fused-ring (bicyclic) bond motifs is 1. The number of hydrogen-bond acceptors (Lipinski definition) is 2. The molecule has 1 N–H and O–H groups in total. The molecule has 1 heterocycles. The van der Waals surface area contributed by atoms with Gasteiger partial charge in [-0.15, -0.1) is 5.10 Å². The third kappa shape index (κ3) is 0.852. The third-order valence-corrected chi connectivity index (χ3v) is 1.54. The van der Waals surface area contributed by atoms with E-state index in [1.807, 2.05) is 18.2 Å². The molecule has 55 valence electrons. The third-order valence-electron chi connectivity index (χ3n) is 1.54. The van der Waals surface area contributed by atoms with E-state index in [2.05, 4.69) is 16.3 Å². The van der Waals surface area contributed by atoms with Gasteiger partial charge in [0.15, 0.2) is 0 Å². The maximum absolute atomic E-state index is 4.99. The van der Waals surface area contributed by atoms with Crippen molar-refractivity contribution in [3.8, 4) is 5.88 Å². The second kappa shape index (κ2) is 2.27. The summed E-state index contributed by atoms with van der Waals surface area (Å²) in [6.45, 7) is 0. The molecule has 0 aliphatic rings. The summed E-state index contributed by atoms with van der Waals surface area (Å²) in [7, 11) is 1.59. The van der Waals surface area contributed by atoms with E-state index in [0.29, 0.717) is 5.88 Å². The van der Waals surface area contributed by atoms with Gasteiger partial charge < -0.3 is 4.74 Å². The average molecular weight is 147 g/mol. The SMILES string of the molecule is COc1n[nH]c2ccc[c]c12. The van der Waals surface area contributed by atoms with Crippen LogP contribution >= 0.6 is 0 Å². The summed E-state index contributed by atoms with van der Waals surface area (Å²) in [5.41, 5.74) is 0.948. The Bertz CT molecular complexity index is 367. The van der Waals surface area contributed by atoms with Crippen molar-refractivity contribution in [2.24, 2.45) is 0 Å². The molecule has 1 radical (unpaired) electrons. The van der Waals surface area contributed by atoms with Gasteiger partial charge in [0.05, 0.1) is 18.0 Å². The molecular weight excluding hydrogens is 140 g/mol. The van der Waals surface area contributed by atoms with Crippen LogP contribution in [0, 0.1) is 6.07 Å². The van der Waals surface area contributed by atoms with E-state index in [0.717, 1.165) is 10.9 Å². The second-order valence-corrected chi connectivity index (χ2v) is 2.19. The topological polar surface area (TPSA) is 37.9 Å². The minimum absolute atomic E-state index is 0.598. The van der Waals surface area contributed by atoms with Crippen LogP contribution in [0.4, 0.5) is 0 Å². The van der Waals surface area contributed by atoms with Gasteiger partial charge in [0.25, 0.3) is 0 Å². The Hall–Kier alpha value is -1.51. The molecule has 2 aromatic rings. The molecule has 11 heavy (non-hydrogen) atoms. The molecule has 0 aliphatic heterocycles. The Morgan fingerprint density at radius 3 is 3.36 bits per heavy atom. The minimum Gasteiger partial charge on any atom is -0.479 e. The first-order chi connectivity index (χ1) is 5.42. The Morgan fingerprint density at radius 2 is 2.55 bits per heavy atom. The van der Waals surface area contributed by atoms with E-state index in [4.69, 9.17) is 4.74 Å². The van der Waals surface area contributed by atoms with Crippen molar-refractivity contribution in [2.45, 2.75) is 0 Å². The minimum atomic E-state index is 0.598. The average Bonchev–Trinajstić information content (AvgIpc) is 2.47. The fraction of sp³-hybridized carbons (Fsp3) is 0.125. The molecule has 0 saturated heterocycles. The van der Waals surface area contributed by atoms with Gasteiger partial charge in [0.1, 0.15) is 0 Å². The van der Waals surface area contributed by atoms with Crippen LogP contribution in [0.1, 0.15) is 0 Å². The van der Waals surface area contributed by atoms with E-state index >= 15 is 0 Å². The summed E-state index contributed by atoms with van der Waals surface area (Å²) in [6, 6.07) is 8.70. The fourth-order valence-electron chi connectivity index (χ4n) is 1.02. The van der Waals surface area contributed by atoms with Crippen LogP contribution < -0.4 is 4.74 Å². The zero-order valence-corrected chi connectivity index (χ0v) is 6.09. The van der Waals surface area contributed by atoms with Gasteiger partial charge in [-0.25, -0.2) is 0 Å². The van der Waals surface area contributed by atoms with Gasteiger partial charge in [0, 0.05) is 0 Å². The van der Waals surface area contributed by atoms with Gasteiger partial charge in [0.2, 0.25) is 5.88 Å². The number of nitrogens with zero attached hydrogens (tertiary/aromatic N) is 1. The van der Waals surface area contributed by atoms with Gasteiger partial charge >= 0.3 is 0 Å². The summed E-state index contributed by atoms with van der Waals surface area (Å²) < 4.78 is 4.99. The van der Waals surface area contributed by atoms with E-state index in [1.54, 1.807) is 7.11 Å². The number of H-pyrrole nitrogens is 1. The van der Waals surface area contributed by atoms with Crippen molar-refractivity contribution in [3.63, 3.8) is 0 Å². The number of hydrogen-bond donors (Lipinski definition) is 1. The summed E-state index contributed by atoms with van der Waals surface area (Å²) >= 11 is 0. The van der Waals surface area contributed by atoms with Gasteiger partial charge in [-0.2, -0.15) is 0 Å². The van der Waals surface area contributed by atoms with Crippen molar-refractivity contribution >= 4 is 10.9 Å². The molecule has 0 bridgehead atoms. The monoisotopic (exact) mass is 147 g/mol. The molecule has 3 nitrogen and oxygen atoms in total. The number of benzene rings is 1. The van der Waals surface area contributed by atoms with Gasteiger partial charge in [-0.1, -0.05) is 12.1 Å². The standard InChI is InChI=1S/C8H7N2O/c1-11-8-6-4-2-3-5-7(6)9-10-8/h2-3,5H,1H3,(H,9,10). The lowest BCUT2D eigenvalue weighted by Gasteiger charge is -1.90. The zero-order valence-electron chi connectivity index (χ0n) is 6.09. The normalized spacial score (nSPS) is 10.3. The first-order valence-corrected chi connectivity index (χ1v) is 3.30. The van der Waals surface area contributed by atoms with E-state index in [9.17, 15) is 0 Å². The molecular formula is C8H7N2O. The van der Waals surface area contributed by atoms with Crippen LogP contribution in [-0.2, 0) is 0 Å². The lowest BCUT2D eigenvalue weighted by atomic mass is 10.2. The smallest absolute Gasteiger partial charge is 0.240 e. The molecule has 0 atom stereocenters. The van der Waals surface area contributed by atoms with Crippen molar-refractivity contribution in [2.75, 3.05) is 7.11 Å². The first-order valence-electron chi connectivity index (χ1n) is 3.30. The summed E-state index contributed by atoms with van der Waals surface area (Å²) in [4.78, 5) is 0. The Balaban J connectivity index is 2.76. The number of nitrogens with one attached hydrogen (secondary N) is 1. The second-order valence-electron chi connectivity index (χ2n) is 2.19. The molecule has 2 rings (SSSR count). The molecule has 0 fully saturated rings. The number of methoxy groups -OCH3 is 1. The number of aromatic amines is 1. The van der Waals surface area contributed by atoms with Gasteiger partial charge in [-0.05, 0) is 12.1 Å². The summed E-state index contributed by atoms with van der Waals surface area (Å²) in [5.74, 6) is 0.598. The molecule has 3 heteroatoms. The van der Waals surface area contributed by atoms with Crippen molar-refractivity contribution in [3.05, 3.63) is 24.3 Å². The van der Waals surface area contributed by atoms with Crippen LogP contribution in [-0.4, -0.2) is 17.3 Å². The first kappa shape index (κ1) is 6.22. The largest absolute Gasteiger partial charge is 0.479 e. The predicted molar refractivity (Wildman–Crippen MR) is 41.5 cm³/mol. The highest BCUT2D eigenvalue weighted by molar-refractivity contribution is 5.82. The Labute approximate surface area is 64.0 Å². The fourth-order valence-corrected chi connectivity index (χ4v) is 1.02. The van der Waals surface area contributed by atoms with E-state index in [-0.39, 0.29) is 0 Å². The van der Waals surface area contributed by atoms with Crippen molar-refractivity contribution in [1.29, 1.82) is 0 Å². The Morgan fingerprint density at radius 1 is 1.64 bits per heavy atom. The van der Waals surface area contributed by atoms with Crippen molar-refractivity contribution in [1.82, 2.24) is 10.2 Å². The maximum atomic E-state index is 4.99. The van der Waals surface area contributed by atoms with Crippen LogP contribution in [0.3, 0.4) is 0 Å². The highest BCUT2D eigenvalue weighted by Gasteiger charge is 2.02. The van der Waals surface area contributed by atoms with Crippen molar-refractivity contribution < 1.29 is 4.74 Å². The molecule has 1 aromatic carbocycles. The lowest BCUT2D eigenvalue weighted by Crippen LogP contribution is -1.81. The molecule has 0 unspecified atom stereocenters. The van der Waals surface area contributed by atoms with Crippen LogP contribution in [0.15, 0.2) is 18.2 Å². The highest BCUT2D eigenvalue weighted by atomic mass is 16.5. The van der Waals surface area contributed by atoms with Gasteiger partial charge in [-0.3, -0.25) is 5.10 Å².